The van der Waals surface area contributed by atoms with Gasteiger partial charge in [0.25, 0.3) is 0 Å². The maximum Gasteiger partial charge on any atom is 0.138 e. The summed E-state index contributed by atoms with van der Waals surface area (Å²) in [4.78, 5) is 50.3. The Morgan fingerprint density at radius 3 is 0.423 bits per heavy atom. The van der Waals surface area contributed by atoms with Gasteiger partial charge in [-0.1, -0.05) is 521 Å². The molecule has 9 heterocycles. The van der Waals surface area contributed by atoms with Crippen LogP contribution in [0.15, 0.2) is 220 Å². The molecule has 0 unspecified atom stereocenters. The molecule has 0 radical (unpaired) electrons. The van der Waals surface area contributed by atoms with Crippen molar-refractivity contribution in [3.8, 4) is 0 Å². The molecule has 0 spiro atoms. The number of hydrogen-bond acceptors (Lipinski definition) is 18. The van der Waals surface area contributed by atoms with E-state index in [9.17, 15) is 0 Å². The minimum absolute atomic E-state index is 0.639. The fourth-order valence-corrected chi connectivity index (χ4v) is 2.47. The number of aromatic nitrogens is 18. The molecule has 0 amide bonds. The second-order valence-electron chi connectivity index (χ2n) is 26.0. The third-order valence-corrected chi connectivity index (χ3v) is 4.64. The van der Waals surface area contributed by atoms with Crippen molar-refractivity contribution in [3.63, 3.8) is 0 Å². The van der Waals surface area contributed by atoms with Crippen molar-refractivity contribution in [2.75, 3.05) is 6.67 Å². The molecule has 10 rings (SSSR count). The summed E-state index contributed by atoms with van der Waals surface area (Å²) in [7, 11) is 0. The predicted octanol–water partition coefficient (Wildman–Crippen LogP) is 41.4. The summed E-state index contributed by atoms with van der Waals surface area (Å²) in [6, 6.07) is 21.0. The van der Waals surface area contributed by atoms with Gasteiger partial charge in [0.15, 0.2) is 0 Å². The Balaban J connectivity index is -0.0000000309. The van der Waals surface area contributed by atoms with Gasteiger partial charge in [-0.25, -0.2) is 44.9 Å². The average Bonchev–Trinajstić information content (AvgIpc) is 2.09. The van der Waals surface area contributed by atoms with Gasteiger partial charge in [-0.2, -0.15) is 20.4 Å². The van der Waals surface area contributed by atoms with Gasteiger partial charge in [0.05, 0.1) is 12.5 Å². The Labute approximate surface area is 868 Å². The van der Waals surface area contributed by atoms with Crippen LogP contribution in [0.5, 0.6) is 0 Å². The molecule has 0 saturated heterocycles. The lowest BCUT2D eigenvalue weighted by atomic mass is 10.3. The van der Waals surface area contributed by atoms with Gasteiger partial charge in [-0.15, -0.1) is 5.10 Å². The van der Waals surface area contributed by atoms with Crippen molar-refractivity contribution in [2.24, 2.45) is 69.2 Å². The van der Waals surface area contributed by atoms with Crippen LogP contribution >= 0.6 is 0 Å². The molecule has 9 aromatic rings. The Hall–Kier alpha value is -8.68. The summed E-state index contributed by atoms with van der Waals surface area (Å²) >= 11 is 0. The fraction of sp³-hybridized carbons (Fsp3) is 0.692. The quantitative estimate of drug-likeness (QED) is 0.143. The van der Waals surface area contributed by atoms with Crippen LogP contribution < -0.4 is 0 Å². The Bertz CT molecular complexity index is 1780. The van der Waals surface area contributed by atoms with E-state index in [0.717, 1.165) is 59.2 Å². The molecule has 0 fully saturated rings. The van der Waals surface area contributed by atoms with Crippen molar-refractivity contribution in [1.82, 2.24) is 90.4 Å². The number of aliphatic imine (C=N–C) groups is 2. The van der Waals surface area contributed by atoms with Gasteiger partial charge in [0, 0.05) is 105 Å². The molecular weight excluding hydrogens is 1690 g/mol. The molecule has 1 aliphatic rings. The predicted molar refractivity (Wildman–Crippen MR) is 645 cm³/mol. The molecule has 0 bridgehead atoms. The van der Waals surface area contributed by atoms with Crippen LogP contribution in [0.3, 0.4) is 0 Å². The van der Waals surface area contributed by atoms with E-state index >= 15 is 0 Å². The van der Waals surface area contributed by atoms with E-state index < -0.39 is 0 Å². The highest BCUT2D eigenvalue weighted by atomic mass is 15.1. The second kappa shape index (κ2) is 331. The van der Waals surface area contributed by atoms with Crippen molar-refractivity contribution in [2.45, 2.75) is 485 Å². The van der Waals surface area contributed by atoms with E-state index in [1.807, 2.05) is 332 Å². The molecule has 8 aromatic heterocycles. The molecule has 0 aliphatic carbocycles. The van der Waals surface area contributed by atoms with E-state index in [4.69, 9.17) is 0 Å². The topological polar surface area (TPSA) is 263 Å². The first-order valence-electron chi connectivity index (χ1n) is 53.6. The summed E-state index contributed by atoms with van der Waals surface area (Å²) in [5.41, 5.74) is 0. The summed E-state index contributed by atoms with van der Waals surface area (Å²) < 4.78 is 0. The van der Waals surface area contributed by atoms with E-state index in [-0.39, 0.29) is 0 Å². The largest absolute Gasteiger partial charge is 0.351 e. The van der Waals surface area contributed by atoms with Crippen molar-refractivity contribution in [1.29, 1.82) is 0 Å². The van der Waals surface area contributed by atoms with Crippen molar-refractivity contribution in [3.05, 3.63) is 210 Å². The number of benzene rings is 1. The number of imidazole rings is 1. The first-order chi connectivity index (χ1) is 65.8. The summed E-state index contributed by atoms with van der Waals surface area (Å²) in [6.07, 6.45) is 40.3. The molecular formula is C117H260N20. The zero-order valence-corrected chi connectivity index (χ0v) is 106. The highest BCUT2D eigenvalue weighted by Gasteiger charge is 1.75. The maximum absolute atomic E-state index is 3.74. The van der Waals surface area contributed by atoms with E-state index in [0.29, 0.717) is 6.67 Å². The van der Waals surface area contributed by atoms with Gasteiger partial charge in [-0.3, -0.25) is 25.1 Å². The summed E-state index contributed by atoms with van der Waals surface area (Å²) in [5.74, 6) is 8.33. The summed E-state index contributed by atoms with van der Waals surface area (Å²) in [6.45, 7) is 146. The Morgan fingerprint density at radius 1 is 0.161 bits per heavy atom. The van der Waals surface area contributed by atoms with Gasteiger partial charge in [0.1, 0.15) is 44.6 Å². The monoisotopic (exact) mass is 1950 g/mol. The highest BCUT2D eigenvalue weighted by molar-refractivity contribution is 6.17. The normalized spacial score (nSPS) is 7.18. The molecule has 20 heteroatoms. The van der Waals surface area contributed by atoms with Crippen LogP contribution in [0.4, 0.5) is 0 Å². The molecule has 0 saturated carbocycles. The number of nitrogens with one attached hydrogen (secondary N) is 2. The van der Waals surface area contributed by atoms with Gasteiger partial charge in [-0.05, 0) is 89.5 Å². The lowest BCUT2D eigenvalue weighted by Gasteiger charge is -1.79. The Kier molecular flexibility index (Phi) is 520. The number of hydrogen-bond donors (Lipinski definition) is 2. The highest BCUT2D eigenvalue weighted by Crippen LogP contribution is 1.86. The standard InChI is InChI=1S/C6H6.4C4H4N2.10C4H10.2C3H3N3.3C3H4N2.20C2H6/c1-2-4-6-5-3-1;1-2-6-4-3-5-1;2*1-2-5-4-6-3-1;1-2-4-6-5-3-1;10*1-4(2)3;1-4-2-6-3-5-1;1-2-5-6-3-4-1;2*1-2-5-3-4-1;1-2-4-5-3-1;20*1-2/h1-6H;4*1-4H;10*4H,1-3H3;2*1-3H;1-2H,3H2;2*1-3H,(H,4,5);20*1-2H3. The minimum Gasteiger partial charge on any atom is -0.351 e. The van der Waals surface area contributed by atoms with Crippen LogP contribution in [0.1, 0.15) is 485 Å². The third-order valence-electron chi connectivity index (χ3n) is 4.64. The molecule has 828 valence electrons. The Morgan fingerprint density at radius 2 is 0.358 bits per heavy atom. The molecule has 0 atom stereocenters. The van der Waals surface area contributed by atoms with Crippen LogP contribution in [0.25, 0.3) is 0 Å². The van der Waals surface area contributed by atoms with E-state index in [1.165, 1.54) is 44.2 Å². The third kappa shape index (κ3) is 856. The SMILES string of the molecule is C1=NCN=C1.CC.CC.CC.CC.CC.CC.CC.CC.CC.CC.CC.CC.CC.CC.CC.CC.CC.CC.CC.CC.CC(C)C.CC(C)C.CC(C)C.CC(C)C.CC(C)C.CC(C)C.CC(C)C.CC(C)C.CC(C)C.CC(C)C.c1c[nH]cn1.c1ccccc1.c1ccnnc1.c1cn[nH]c1.c1cnccn1.c1cncnc1.c1cncnc1.c1cnncn1.c1ncncn1. The van der Waals surface area contributed by atoms with Gasteiger partial charge < -0.3 is 4.98 Å². The first-order valence-corrected chi connectivity index (χ1v) is 53.6. The lowest BCUT2D eigenvalue weighted by molar-refractivity contribution is 0.736. The molecule has 137 heavy (non-hydrogen) atoms. The number of H-pyrrole nitrogens is 2. The molecule has 2 N–H and O–H groups in total. The van der Waals surface area contributed by atoms with Crippen molar-refractivity contribution < 1.29 is 0 Å². The average molecular weight is 1950 g/mol. The maximum atomic E-state index is 3.74. The zero-order chi connectivity index (χ0) is 116. The first kappa shape index (κ1) is 215. The second-order valence-corrected chi connectivity index (χ2v) is 26.0. The molecule has 20 nitrogen and oxygen atoms in total. The van der Waals surface area contributed by atoms with E-state index in [2.05, 4.69) is 308 Å². The smallest absolute Gasteiger partial charge is 0.138 e. The van der Waals surface area contributed by atoms with Crippen LogP contribution in [0, 0.1) is 59.2 Å². The van der Waals surface area contributed by atoms with Gasteiger partial charge >= 0.3 is 0 Å². The molecule has 1 aromatic carbocycles. The summed E-state index contributed by atoms with van der Waals surface area (Å²) in [5, 5.41) is 20.2. The van der Waals surface area contributed by atoms with Gasteiger partial charge in [0.2, 0.25) is 0 Å². The lowest BCUT2D eigenvalue weighted by Crippen LogP contribution is -1.75. The van der Waals surface area contributed by atoms with E-state index in [1.54, 1.807) is 124 Å². The number of rotatable bonds is 0. The number of nitrogens with zero attached hydrogens (tertiary/aromatic N) is 18. The van der Waals surface area contributed by atoms with Crippen molar-refractivity contribution >= 4 is 12.4 Å². The van der Waals surface area contributed by atoms with Crippen LogP contribution in [-0.2, 0) is 0 Å². The van der Waals surface area contributed by atoms with Crippen LogP contribution in [-0.4, -0.2) is 109 Å². The minimum atomic E-state index is 0.639. The number of aromatic amines is 2. The molecule has 1 aliphatic heterocycles. The van der Waals surface area contributed by atoms with Crippen LogP contribution in [0.2, 0.25) is 0 Å². The fourth-order valence-electron chi connectivity index (χ4n) is 2.47. The zero-order valence-electron chi connectivity index (χ0n) is 106.